The number of anilines is 1. The van der Waals surface area contributed by atoms with Gasteiger partial charge in [0.1, 0.15) is 0 Å². The molecular weight excluding hydrogens is 150 g/mol. The largest absolute Gasteiger partial charge is 0.324 e. The molecule has 0 bridgehead atoms. The van der Waals surface area contributed by atoms with Gasteiger partial charge in [0.15, 0.2) is 0 Å². The van der Waals surface area contributed by atoms with Crippen molar-refractivity contribution in [2.45, 2.75) is 0 Å². The van der Waals surface area contributed by atoms with Crippen molar-refractivity contribution < 1.29 is 0 Å². The molecule has 0 unspecified atom stereocenters. The first-order chi connectivity index (χ1) is 5.86. The smallest absolute Gasteiger partial charge is 0.0912 e. The van der Waals surface area contributed by atoms with Crippen LogP contribution >= 0.6 is 0 Å². The number of nitrogens with zero attached hydrogens (tertiary/aromatic N) is 1. The van der Waals surface area contributed by atoms with E-state index < -0.39 is 0 Å². The molecule has 0 spiro atoms. The van der Waals surface area contributed by atoms with Gasteiger partial charge in [-0.25, -0.2) is 0 Å². The van der Waals surface area contributed by atoms with Gasteiger partial charge in [-0.15, -0.1) is 0 Å². The lowest BCUT2D eigenvalue weighted by Crippen LogP contribution is -2.06. The molecule has 0 aromatic heterocycles. The molecular formula is C9H9N3. The molecule has 0 fully saturated rings. The van der Waals surface area contributed by atoms with Crippen molar-refractivity contribution in [1.82, 2.24) is 0 Å². The maximum atomic E-state index is 8.28. The van der Waals surface area contributed by atoms with E-state index in [-0.39, 0.29) is 0 Å². The third-order valence-corrected chi connectivity index (χ3v) is 1.40. The molecule has 3 nitrogen and oxygen atoms in total. The summed E-state index contributed by atoms with van der Waals surface area (Å²) in [5.41, 5.74) is 4.31. The highest BCUT2D eigenvalue weighted by Crippen LogP contribution is 2.09. The number of allylic oxidation sites excluding steroid dienone is 1. The Labute approximate surface area is 71.1 Å². The summed E-state index contributed by atoms with van der Waals surface area (Å²) in [6, 6.07) is 9.39. The average Bonchev–Trinajstić information content (AvgIpc) is 2.15. The summed E-state index contributed by atoms with van der Waals surface area (Å²) >= 11 is 0. The van der Waals surface area contributed by atoms with E-state index in [4.69, 9.17) is 11.1 Å². The van der Waals surface area contributed by atoms with E-state index in [0.29, 0.717) is 0 Å². The second-order valence-corrected chi connectivity index (χ2v) is 2.23. The Hall–Kier alpha value is -1.79. The van der Waals surface area contributed by atoms with Crippen LogP contribution in [0.25, 0.3) is 6.08 Å². The fourth-order valence-electron chi connectivity index (χ4n) is 0.866. The Bertz CT molecular complexity index is 323. The quantitative estimate of drug-likeness (QED) is 0.390. The van der Waals surface area contributed by atoms with Crippen molar-refractivity contribution in [1.29, 1.82) is 5.26 Å². The average molecular weight is 159 g/mol. The van der Waals surface area contributed by atoms with E-state index in [1.807, 2.05) is 30.3 Å². The lowest BCUT2D eigenvalue weighted by atomic mass is 10.2. The second kappa shape index (κ2) is 4.16. The number of hydrogen-bond donors (Lipinski definition) is 2. The highest BCUT2D eigenvalue weighted by molar-refractivity contribution is 5.58. The molecule has 0 saturated heterocycles. The molecule has 0 saturated carbocycles. The van der Waals surface area contributed by atoms with Crippen LogP contribution in [0.15, 0.2) is 30.3 Å². The monoisotopic (exact) mass is 159 g/mol. The maximum Gasteiger partial charge on any atom is 0.0912 e. The molecule has 0 heterocycles. The standard InChI is InChI=1S/C9H9N3/c10-6-2-4-8-3-1-5-9(7-8)12-11/h1-5,7,12H,11H2. The minimum atomic E-state index is 0.829. The van der Waals surface area contributed by atoms with Crippen LogP contribution in [0.3, 0.4) is 0 Å². The lowest BCUT2D eigenvalue weighted by molar-refractivity contribution is 1.35. The third-order valence-electron chi connectivity index (χ3n) is 1.40. The molecule has 60 valence electrons. The van der Waals surface area contributed by atoms with Crippen LogP contribution in [0.5, 0.6) is 0 Å². The van der Waals surface area contributed by atoms with Gasteiger partial charge >= 0.3 is 0 Å². The van der Waals surface area contributed by atoms with Crippen LogP contribution < -0.4 is 11.3 Å². The van der Waals surface area contributed by atoms with Gasteiger partial charge in [-0.1, -0.05) is 12.1 Å². The van der Waals surface area contributed by atoms with Crippen molar-refractivity contribution in [2.75, 3.05) is 5.43 Å². The molecule has 1 aromatic rings. The van der Waals surface area contributed by atoms with Gasteiger partial charge in [0.25, 0.3) is 0 Å². The van der Waals surface area contributed by atoms with Crippen molar-refractivity contribution >= 4 is 11.8 Å². The Kier molecular flexibility index (Phi) is 2.88. The number of nitrogens with two attached hydrogens (primary N) is 1. The molecule has 0 amide bonds. The molecule has 0 radical (unpaired) electrons. The van der Waals surface area contributed by atoms with Crippen LogP contribution in [0.4, 0.5) is 5.69 Å². The Morgan fingerprint density at radius 1 is 1.50 bits per heavy atom. The number of nitrogens with one attached hydrogen (secondary N) is 1. The van der Waals surface area contributed by atoms with Crippen molar-refractivity contribution in [3.63, 3.8) is 0 Å². The van der Waals surface area contributed by atoms with Gasteiger partial charge in [0.05, 0.1) is 6.07 Å². The first kappa shape index (κ1) is 8.31. The maximum absolute atomic E-state index is 8.28. The summed E-state index contributed by atoms with van der Waals surface area (Å²) in [5, 5.41) is 8.28. The zero-order valence-electron chi connectivity index (χ0n) is 6.49. The predicted octanol–water partition coefficient (Wildman–Crippen LogP) is 1.51. The highest BCUT2D eigenvalue weighted by atomic mass is 15.2. The van der Waals surface area contributed by atoms with Gasteiger partial charge in [-0.3, -0.25) is 5.84 Å². The van der Waals surface area contributed by atoms with Crippen molar-refractivity contribution in [3.8, 4) is 6.07 Å². The topological polar surface area (TPSA) is 61.8 Å². The van der Waals surface area contributed by atoms with E-state index in [9.17, 15) is 0 Å². The minimum absolute atomic E-state index is 0.829. The van der Waals surface area contributed by atoms with Gasteiger partial charge in [0.2, 0.25) is 0 Å². The van der Waals surface area contributed by atoms with Crippen LogP contribution in [-0.4, -0.2) is 0 Å². The molecule has 12 heavy (non-hydrogen) atoms. The SMILES string of the molecule is N#CC=Cc1cccc(NN)c1. The van der Waals surface area contributed by atoms with Gasteiger partial charge in [0, 0.05) is 11.8 Å². The van der Waals surface area contributed by atoms with Gasteiger partial charge in [-0.2, -0.15) is 5.26 Å². The normalized spacial score (nSPS) is 9.67. The van der Waals surface area contributed by atoms with E-state index in [2.05, 4.69) is 5.43 Å². The molecule has 1 aromatic carbocycles. The third kappa shape index (κ3) is 2.11. The predicted molar refractivity (Wildman–Crippen MR) is 48.9 cm³/mol. The van der Waals surface area contributed by atoms with E-state index in [1.54, 1.807) is 6.08 Å². The molecule has 1 rings (SSSR count). The fraction of sp³-hybridized carbons (Fsp3) is 0. The molecule has 3 N–H and O–H groups in total. The zero-order valence-corrected chi connectivity index (χ0v) is 6.49. The van der Waals surface area contributed by atoms with Gasteiger partial charge < -0.3 is 5.43 Å². The van der Waals surface area contributed by atoms with Crippen LogP contribution in [0, 0.1) is 11.3 Å². The first-order valence-electron chi connectivity index (χ1n) is 3.49. The number of rotatable bonds is 2. The summed E-state index contributed by atoms with van der Waals surface area (Å²) in [7, 11) is 0. The Morgan fingerprint density at radius 2 is 2.33 bits per heavy atom. The molecule has 3 heteroatoms. The Morgan fingerprint density at radius 3 is 3.00 bits per heavy atom. The summed E-state index contributed by atoms with van der Waals surface area (Å²) in [4.78, 5) is 0. The molecule has 0 atom stereocenters. The van der Waals surface area contributed by atoms with E-state index in [1.165, 1.54) is 6.08 Å². The van der Waals surface area contributed by atoms with Crippen molar-refractivity contribution in [3.05, 3.63) is 35.9 Å². The highest BCUT2D eigenvalue weighted by Gasteiger charge is 1.88. The lowest BCUT2D eigenvalue weighted by Gasteiger charge is -1.99. The Balaban J connectivity index is 2.88. The van der Waals surface area contributed by atoms with Crippen LogP contribution in [-0.2, 0) is 0 Å². The fourth-order valence-corrected chi connectivity index (χ4v) is 0.866. The summed E-state index contributed by atoms with van der Waals surface area (Å²) in [6.07, 6.45) is 3.15. The number of nitrogen functional groups attached to an aromatic ring is 1. The second-order valence-electron chi connectivity index (χ2n) is 2.23. The number of benzene rings is 1. The van der Waals surface area contributed by atoms with Gasteiger partial charge in [-0.05, 0) is 23.8 Å². The first-order valence-corrected chi connectivity index (χ1v) is 3.49. The molecule has 0 aliphatic carbocycles. The summed E-state index contributed by atoms with van der Waals surface area (Å²) < 4.78 is 0. The molecule has 0 aliphatic rings. The zero-order chi connectivity index (χ0) is 8.81. The number of hydrazine groups is 1. The summed E-state index contributed by atoms with van der Waals surface area (Å²) in [6.45, 7) is 0. The van der Waals surface area contributed by atoms with E-state index in [0.717, 1.165) is 11.3 Å². The number of nitriles is 1. The minimum Gasteiger partial charge on any atom is -0.324 e. The van der Waals surface area contributed by atoms with E-state index >= 15 is 0 Å². The van der Waals surface area contributed by atoms with Crippen LogP contribution in [0.1, 0.15) is 5.56 Å². The summed E-state index contributed by atoms with van der Waals surface area (Å²) in [5.74, 6) is 5.21. The molecule has 0 aliphatic heterocycles. The number of hydrogen-bond acceptors (Lipinski definition) is 3. The van der Waals surface area contributed by atoms with Crippen molar-refractivity contribution in [2.24, 2.45) is 5.84 Å². The van der Waals surface area contributed by atoms with Crippen LogP contribution in [0.2, 0.25) is 0 Å².